The molecule has 0 spiro atoms. The second kappa shape index (κ2) is 8.03. The van der Waals surface area contributed by atoms with Crippen molar-refractivity contribution in [2.45, 2.75) is 31.8 Å². The first-order chi connectivity index (χ1) is 13.4. The normalized spacial score (nSPS) is 19.6. The second-order valence-electron chi connectivity index (χ2n) is 6.59. The average Bonchev–Trinajstić information content (AvgIpc) is 2.68. The summed E-state index contributed by atoms with van der Waals surface area (Å²) in [7, 11) is 0. The predicted molar refractivity (Wildman–Crippen MR) is 99.9 cm³/mol. The Bertz CT molecular complexity index is 889. The van der Waals surface area contributed by atoms with Crippen LogP contribution in [-0.4, -0.2) is 43.9 Å². The number of pyridine rings is 2. The number of anilines is 1. The number of urea groups is 1. The van der Waals surface area contributed by atoms with E-state index in [2.05, 4.69) is 15.3 Å². The van der Waals surface area contributed by atoms with Gasteiger partial charge < -0.3 is 16.2 Å². The molecule has 1 aliphatic rings. The van der Waals surface area contributed by atoms with Gasteiger partial charge in [0, 0.05) is 18.6 Å². The van der Waals surface area contributed by atoms with Gasteiger partial charge >= 0.3 is 12.0 Å². The molecule has 0 bridgehead atoms. The number of nitrogen functional groups attached to an aromatic ring is 1. The van der Waals surface area contributed by atoms with E-state index in [0.717, 1.165) is 10.5 Å². The van der Waals surface area contributed by atoms with Crippen LogP contribution in [0.5, 0.6) is 0 Å². The van der Waals surface area contributed by atoms with Crippen molar-refractivity contribution in [2.75, 3.05) is 5.73 Å². The van der Waals surface area contributed by atoms with Crippen LogP contribution in [0.1, 0.15) is 30.5 Å². The first kappa shape index (κ1) is 19.3. The maximum absolute atomic E-state index is 12.6. The van der Waals surface area contributed by atoms with E-state index in [1.54, 1.807) is 30.6 Å². The highest BCUT2D eigenvalue weighted by Gasteiger charge is 2.54. The van der Waals surface area contributed by atoms with Gasteiger partial charge in [-0.25, -0.2) is 19.5 Å². The molecule has 3 rings (SSSR count). The molecule has 3 unspecified atom stereocenters. The van der Waals surface area contributed by atoms with E-state index in [4.69, 9.17) is 5.73 Å². The topological polar surface area (TPSA) is 139 Å². The van der Waals surface area contributed by atoms with Crippen molar-refractivity contribution < 1.29 is 19.5 Å². The highest BCUT2D eigenvalue weighted by molar-refractivity contribution is 6.07. The maximum Gasteiger partial charge on any atom is 0.327 e. The number of carbonyl (C=O) groups excluding carboxylic acids is 2. The van der Waals surface area contributed by atoms with E-state index in [1.807, 2.05) is 13.0 Å². The Kier molecular flexibility index (Phi) is 5.53. The van der Waals surface area contributed by atoms with Gasteiger partial charge in [-0.05, 0) is 42.2 Å². The van der Waals surface area contributed by atoms with E-state index in [9.17, 15) is 19.5 Å². The van der Waals surface area contributed by atoms with Gasteiger partial charge in [-0.3, -0.25) is 9.78 Å². The van der Waals surface area contributed by atoms with Crippen molar-refractivity contribution >= 4 is 23.7 Å². The van der Waals surface area contributed by atoms with Crippen LogP contribution in [0.25, 0.3) is 0 Å². The summed E-state index contributed by atoms with van der Waals surface area (Å²) in [6.45, 7) is 1.88. The van der Waals surface area contributed by atoms with Gasteiger partial charge in [-0.15, -0.1) is 0 Å². The van der Waals surface area contributed by atoms with Crippen molar-refractivity contribution in [3.05, 3.63) is 54.0 Å². The number of hydrogen-bond acceptors (Lipinski definition) is 6. The Morgan fingerprint density at radius 2 is 2.14 bits per heavy atom. The minimum atomic E-state index is -1.23. The molecule has 3 heterocycles. The summed E-state index contributed by atoms with van der Waals surface area (Å²) < 4.78 is 0. The molecule has 0 saturated carbocycles. The highest BCUT2D eigenvalue weighted by atomic mass is 16.4. The molecule has 3 atom stereocenters. The molecule has 0 aliphatic carbocycles. The monoisotopic (exact) mass is 383 g/mol. The molecule has 0 radical (unpaired) electrons. The number of carboxylic acids is 1. The van der Waals surface area contributed by atoms with E-state index in [1.165, 1.54) is 6.20 Å². The standard InChI is InChI=1S/C19H21N5O4/c1-2-14(12-4-3-6-21-10-12)23-19(28)24-16(18(26)27)13(17(24)25)8-11-5-7-22-15(20)9-11/h3-7,9-10,13-14,16H,2,8H2,1H3,(H2,20,22)(H,23,28)(H,26,27). The lowest BCUT2D eigenvalue weighted by Crippen LogP contribution is -2.68. The van der Waals surface area contributed by atoms with Crippen LogP contribution in [0.3, 0.4) is 0 Å². The van der Waals surface area contributed by atoms with Gasteiger partial charge in [-0.1, -0.05) is 13.0 Å². The zero-order chi connectivity index (χ0) is 20.3. The summed E-state index contributed by atoms with van der Waals surface area (Å²) in [5.41, 5.74) is 7.10. The number of amides is 3. The Hall–Kier alpha value is -3.49. The summed E-state index contributed by atoms with van der Waals surface area (Å²) >= 11 is 0. The fourth-order valence-corrected chi connectivity index (χ4v) is 3.35. The number of β-lactam (4-membered cyclic amide) rings is 1. The molecule has 146 valence electrons. The highest BCUT2D eigenvalue weighted by Crippen LogP contribution is 2.31. The number of nitrogens with two attached hydrogens (primary N) is 1. The van der Waals surface area contributed by atoms with Crippen LogP contribution >= 0.6 is 0 Å². The molecule has 1 fully saturated rings. The molecule has 1 aliphatic heterocycles. The van der Waals surface area contributed by atoms with Crippen LogP contribution in [-0.2, 0) is 16.0 Å². The molecule has 9 nitrogen and oxygen atoms in total. The maximum atomic E-state index is 12.6. The first-order valence-corrected chi connectivity index (χ1v) is 8.89. The largest absolute Gasteiger partial charge is 0.480 e. The van der Waals surface area contributed by atoms with Crippen LogP contribution in [0.4, 0.5) is 10.6 Å². The summed E-state index contributed by atoms with van der Waals surface area (Å²) in [6.07, 6.45) is 5.47. The smallest absolute Gasteiger partial charge is 0.327 e. The van der Waals surface area contributed by atoms with Crippen LogP contribution in [0.15, 0.2) is 42.9 Å². The minimum Gasteiger partial charge on any atom is -0.480 e. The number of nitrogens with zero attached hydrogens (tertiary/aromatic N) is 3. The Balaban J connectivity index is 1.73. The van der Waals surface area contributed by atoms with Gasteiger partial charge in [0.1, 0.15) is 5.82 Å². The van der Waals surface area contributed by atoms with Crippen molar-refractivity contribution in [1.29, 1.82) is 0 Å². The van der Waals surface area contributed by atoms with Gasteiger partial charge in [-0.2, -0.15) is 0 Å². The van der Waals surface area contributed by atoms with Crippen molar-refractivity contribution in [3.8, 4) is 0 Å². The lowest BCUT2D eigenvalue weighted by atomic mass is 9.82. The third kappa shape index (κ3) is 3.78. The Morgan fingerprint density at radius 3 is 2.75 bits per heavy atom. The average molecular weight is 383 g/mol. The minimum absolute atomic E-state index is 0.173. The number of imide groups is 1. The molecule has 2 aromatic heterocycles. The molecule has 3 amide bonds. The number of hydrogen-bond donors (Lipinski definition) is 3. The predicted octanol–water partition coefficient (Wildman–Crippen LogP) is 1.37. The number of likely N-dealkylation sites (tertiary alicyclic amines) is 1. The molecule has 28 heavy (non-hydrogen) atoms. The molecular formula is C19H21N5O4. The molecule has 1 saturated heterocycles. The van der Waals surface area contributed by atoms with Crippen molar-refractivity contribution in [2.24, 2.45) is 5.92 Å². The van der Waals surface area contributed by atoms with Crippen molar-refractivity contribution in [3.63, 3.8) is 0 Å². The Morgan fingerprint density at radius 1 is 1.36 bits per heavy atom. The second-order valence-corrected chi connectivity index (χ2v) is 6.59. The zero-order valence-corrected chi connectivity index (χ0v) is 15.3. The molecule has 0 aromatic carbocycles. The number of nitrogens with one attached hydrogen (secondary N) is 1. The van der Waals surface area contributed by atoms with Gasteiger partial charge in [0.05, 0.1) is 12.0 Å². The fraction of sp³-hybridized carbons (Fsp3) is 0.316. The number of aliphatic carboxylic acids is 1. The molecule has 9 heteroatoms. The zero-order valence-electron chi connectivity index (χ0n) is 15.3. The number of rotatable bonds is 6. The third-order valence-corrected chi connectivity index (χ3v) is 4.78. The summed E-state index contributed by atoms with van der Waals surface area (Å²) in [4.78, 5) is 45.6. The lowest BCUT2D eigenvalue weighted by Gasteiger charge is -2.43. The van der Waals surface area contributed by atoms with Crippen molar-refractivity contribution in [1.82, 2.24) is 20.2 Å². The first-order valence-electron chi connectivity index (χ1n) is 8.89. The van der Waals surface area contributed by atoms with Crippen LogP contribution in [0.2, 0.25) is 0 Å². The SMILES string of the molecule is CCC(NC(=O)N1C(=O)C(Cc2ccnc(N)c2)C1C(=O)O)c1cccnc1. The third-order valence-electron chi connectivity index (χ3n) is 4.78. The quantitative estimate of drug-likeness (QED) is 0.640. The van der Waals surface area contributed by atoms with E-state index in [0.29, 0.717) is 12.0 Å². The molecular weight excluding hydrogens is 362 g/mol. The van der Waals surface area contributed by atoms with Gasteiger partial charge in [0.2, 0.25) is 5.91 Å². The number of aromatic nitrogens is 2. The van der Waals surface area contributed by atoms with E-state index >= 15 is 0 Å². The van der Waals surface area contributed by atoms with Gasteiger partial charge in [0.15, 0.2) is 6.04 Å². The fourth-order valence-electron chi connectivity index (χ4n) is 3.35. The summed E-state index contributed by atoms with van der Waals surface area (Å²) in [5, 5.41) is 12.3. The van der Waals surface area contributed by atoms with Gasteiger partial charge in [0.25, 0.3) is 0 Å². The van der Waals surface area contributed by atoms with Crippen LogP contribution < -0.4 is 11.1 Å². The summed E-state index contributed by atoms with van der Waals surface area (Å²) in [5.74, 6) is -2.30. The van der Waals surface area contributed by atoms with E-state index in [-0.39, 0.29) is 18.3 Å². The molecule has 4 N–H and O–H groups in total. The molecule has 2 aromatic rings. The van der Waals surface area contributed by atoms with Crippen LogP contribution in [0, 0.1) is 5.92 Å². The Labute approximate surface area is 161 Å². The summed E-state index contributed by atoms with van der Waals surface area (Å²) in [6, 6.07) is 4.49. The lowest BCUT2D eigenvalue weighted by molar-refractivity contribution is -0.165. The number of carbonyl (C=O) groups is 3. The van der Waals surface area contributed by atoms with E-state index < -0.39 is 29.9 Å². The number of carboxylic acid groups (broad SMARTS) is 1.